The molecular formula is C10H8BF4KO2. The van der Waals surface area contributed by atoms with Crippen LogP contribution in [0.25, 0.3) is 6.08 Å². The maximum absolute atomic E-state index is 12.9. The molecule has 0 spiro atoms. The van der Waals surface area contributed by atoms with Gasteiger partial charge in [0.15, 0.2) is 0 Å². The van der Waals surface area contributed by atoms with E-state index in [9.17, 15) is 22.1 Å². The number of carbonyl (C=O) groups excluding carboxylic acids is 1. The number of hydrogen-bond acceptors (Lipinski definition) is 2. The van der Waals surface area contributed by atoms with Gasteiger partial charge in [-0.1, -0.05) is 17.6 Å². The summed E-state index contributed by atoms with van der Waals surface area (Å²) in [6.07, 6.45) is 2.08. The zero-order valence-corrected chi connectivity index (χ0v) is 12.9. The van der Waals surface area contributed by atoms with Crippen molar-refractivity contribution in [3.05, 3.63) is 35.7 Å². The zero-order valence-electron chi connectivity index (χ0n) is 9.79. The van der Waals surface area contributed by atoms with E-state index in [4.69, 9.17) is 0 Å². The number of rotatable bonds is 3. The van der Waals surface area contributed by atoms with E-state index >= 15 is 0 Å². The van der Waals surface area contributed by atoms with Gasteiger partial charge in [-0.15, -0.1) is 0 Å². The van der Waals surface area contributed by atoms with Crippen molar-refractivity contribution in [3.8, 4) is 0 Å². The normalized spacial score (nSPS) is 11.2. The topological polar surface area (TPSA) is 26.3 Å². The molecule has 1 aromatic carbocycles. The second-order valence-electron chi connectivity index (χ2n) is 3.21. The van der Waals surface area contributed by atoms with Gasteiger partial charge in [-0.2, -0.15) is 0 Å². The van der Waals surface area contributed by atoms with Gasteiger partial charge in [-0.3, -0.25) is 0 Å². The molecule has 0 fully saturated rings. The molecule has 0 heterocycles. The molecule has 0 saturated carbocycles. The maximum atomic E-state index is 12.9. The van der Waals surface area contributed by atoms with Crippen molar-refractivity contribution in [2.45, 2.75) is 0 Å². The molecule has 0 atom stereocenters. The number of benzene rings is 1. The van der Waals surface area contributed by atoms with E-state index in [0.29, 0.717) is 12.1 Å². The fourth-order valence-corrected chi connectivity index (χ4v) is 1.15. The Morgan fingerprint density at radius 3 is 2.44 bits per heavy atom. The van der Waals surface area contributed by atoms with Gasteiger partial charge in [0.2, 0.25) is 0 Å². The minimum Gasteiger partial charge on any atom is -0.466 e. The third-order valence-corrected chi connectivity index (χ3v) is 1.99. The van der Waals surface area contributed by atoms with E-state index < -0.39 is 24.2 Å². The number of halogens is 4. The Morgan fingerprint density at radius 2 is 1.94 bits per heavy atom. The number of carbonyl (C=O) groups is 1. The van der Waals surface area contributed by atoms with Gasteiger partial charge in [-0.25, -0.2) is 9.18 Å². The first-order valence-corrected chi connectivity index (χ1v) is 4.60. The predicted octanol–water partition coefficient (Wildman–Crippen LogP) is -0.930. The molecule has 92 valence electrons. The van der Waals surface area contributed by atoms with E-state index in [0.717, 1.165) is 25.3 Å². The van der Waals surface area contributed by atoms with Gasteiger partial charge < -0.3 is 17.7 Å². The van der Waals surface area contributed by atoms with E-state index in [1.54, 1.807) is 0 Å². The summed E-state index contributed by atoms with van der Waals surface area (Å²) in [5, 5.41) is 0. The second kappa shape index (κ2) is 7.44. The van der Waals surface area contributed by atoms with E-state index in [1.807, 2.05) is 0 Å². The van der Waals surface area contributed by atoms with Crippen LogP contribution in [0.15, 0.2) is 24.3 Å². The first-order chi connectivity index (χ1) is 7.84. The average molecular weight is 286 g/mol. The molecule has 0 saturated heterocycles. The standard InChI is InChI=1S/C10H8BF4O2.K/c1-17-10(16)5-3-7-2-4-9(12)8(6-7)11(13,14)15;/h2-6H,1H3;/q-1;+1/b5-3+;. The van der Waals surface area contributed by atoms with Gasteiger partial charge >= 0.3 is 64.3 Å². The fraction of sp³-hybridized carbons (Fsp3) is 0.100. The Bertz CT molecular complexity index is 460. The van der Waals surface area contributed by atoms with Crippen LogP contribution in [0.1, 0.15) is 5.56 Å². The van der Waals surface area contributed by atoms with Crippen molar-refractivity contribution >= 4 is 24.5 Å². The van der Waals surface area contributed by atoms with Crippen molar-refractivity contribution < 1.29 is 78.3 Å². The molecule has 0 aliphatic heterocycles. The van der Waals surface area contributed by atoms with E-state index in [1.165, 1.54) is 0 Å². The van der Waals surface area contributed by atoms with Crippen LogP contribution in [0.4, 0.5) is 17.3 Å². The minimum atomic E-state index is -5.41. The number of methoxy groups -OCH3 is 1. The molecule has 0 aliphatic carbocycles. The first kappa shape index (κ1) is 17.9. The molecular weight excluding hydrogens is 278 g/mol. The third kappa shape index (κ3) is 5.23. The zero-order chi connectivity index (χ0) is 13.1. The number of esters is 1. The van der Waals surface area contributed by atoms with Crippen LogP contribution in [0.3, 0.4) is 0 Å². The van der Waals surface area contributed by atoms with Crippen molar-refractivity contribution in [1.82, 2.24) is 0 Å². The number of ether oxygens (including phenoxy) is 1. The Balaban J connectivity index is 0.00000289. The van der Waals surface area contributed by atoms with Crippen LogP contribution < -0.4 is 56.8 Å². The average Bonchev–Trinajstić information content (AvgIpc) is 2.26. The molecule has 0 N–H and O–H groups in total. The summed E-state index contributed by atoms with van der Waals surface area (Å²) in [5.41, 5.74) is -1.23. The Kier molecular flexibility index (Phi) is 7.38. The molecule has 8 heteroatoms. The first-order valence-electron chi connectivity index (χ1n) is 4.60. The molecule has 2 nitrogen and oxygen atoms in total. The quantitative estimate of drug-likeness (QED) is 0.311. The SMILES string of the molecule is COC(=O)/C=C/c1ccc(F)c([B-](F)(F)F)c1.[K+]. The molecule has 0 aliphatic rings. The molecule has 0 radical (unpaired) electrons. The summed E-state index contributed by atoms with van der Waals surface area (Å²) in [6.45, 7) is -5.41. The van der Waals surface area contributed by atoms with Gasteiger partial charge in [0.05, 0.1) is 12.9 Å². The van der Waals surface area contributed by atoms with Crippen molar-refractivity contribution in [2.75, 3.05) is 7.11 Å². The minimum absolute atomic E-state index is 0. The smallest absolute Gasteiger partial charge is 0.466 e. The third-order valence-electron chi connectivity index (χ3n) is 1.99. The Labute approximate surface area is 144 Å². The molecule has 1 aromatic rings. The fourth-order valence-electron chi connectivity index (χ4n) is 1.15. The largest absolute Gasteiger partial charge is 1.00 e. The molecule has 0 bridgehead atoms. The van der Waals surface area contributed by atoms with Crippen LogP contribution in [0.2, 0.25) is 0 Å². The molecule has 0 unspecified atom stereocenters. The Hall–Kier alpha value is -0.149. The summed E-state index contributed by atoms with van der Waals surface area (Å²) in [7, 11) is 1.14. The maximum Gasteiger partial charge on any atom is 1.00 e. The van der Waals surface area contributed by atoms with Crippen molar-refractivity contribution in [1.29, 1.82) is 0 Å². The Morgan fingerprint density at radius 1 is 1.33 bits per heavy atom. The van der Waals surface area contributed by atoms with Gasteiger partial charge in [-0.05, 0) is 17.7 Å². The van der Waals surface area contributed by atoms with Crippen LogP contribution in [0, 0.1) is 5.82 Å². The molecule has 0 amide bonds. The molecule has 18 heavy (non-hydrogen) atoms. The summed E-state index contributed by atoms with van der Waals surface area (Å²) in [6, 6.07) is 2.50. The summed E-state index contributed by atoms with van der Waals surface area (Å²) < 4.78 is 54.4. The van der Waals surface area contributed by atoms with Crippen molar-refractivity contribution in [2.24, 2.45) is 0 Å². The van der Waals surface area contributed by atoms with E-state index in [-0.39, 0.29) is 56.9 Å². The van der Waals surface area contributed by atoms with Crippen LogP contribution in [0.5, 0.6) is 0 Å². The summed E-state index contributed by atoms with van der Waals surface area (Å²) in [5.74, 6) is -2.03. The predicted molar refractivity (Wildman–Crippen MR) is 56.2 cm³/mol. The van der Waals surface area contributed by atoms with Gasteiger partial charge in [0.1, 0.15) is 0 Å². The van der Waals surface area contributed by atoms with Crippen LogP contribution in [-0.4, -0.2) is 20.1 Å². The van der Waals surface area contributed by atoms with Crippen LogP contribution >= 0.6 is 0 Å². The summed E-state index contributed by atoms with van der Waals surface area (Å²) in [4.78, 5) is 10.7. The van der Waals surface area contributed by atoms with Gasteiger partial charge in [0, 0.05) is 6.08 Å². The molecule has 1 rings (SSSR count). The van der Waals surface area contributed by atoms with E-state index in [2.05, 4.69) is 4.74 Å². The monoisotopic (exact) mass is 286 g/mol. The second-order valence-corrected chi connectivity index (χ2v) is 3.21. The van der Waals surface area contributed by atoms with Gasteiger partial charge in [0.25, 0.3) is 0 Å². The van der Waals surface area contributed by atoms with Crippen LogP contribution in [-0.2, 0) is 9.53 Å². The summed E-state index contributed by atoms with van der Waals surface area (Å²) >= 11 is 0. The van der Waals surface area contributed by atoms with Crippen molar-refractivity contribution in [3.63, 3.8) is 0 Å². The number of hydrogen-bond donors (Lipinski definition) is 0. The molecule has 0 aromatic heterocycles.